The van der Waals surface area contributed by atoms with Gasteiger partial charge in [0.2, 0.25) is 0 Å². The maximum atomic E-state index is 10.0. The second-order valence-electron chi connectivity index (χ2n) is 4.37. The molecule has 2 N–H and O–H groups in total. The highest BCUT2D eigenvalue weighted by molar-refractivity contribution is 9.10. The predicted molar refractivity (Wildman–Crippen MR) is 72.9 cm³/mol. The van der Waals surface area contributed by atoms with Gasteiger partial charge in [-0.05, 0) is 38.1 Å². The van der Waals surface area contributed by atoms with Crippen LogP contribution in [0.1, 0.15) is 25.0 Å². The molecule has 0 aromatic heterocycles. The summed E-state index contributed by atoms with van der Waals surface area (Å²) in [7, 11) is 1.95. The molecule has 2 atom stereocenters. The van der Waals surface area contributed by atoms with Crippen molar-refractivity contribution < 1.29 is 10.2 Å². The standard InChI is InChI=1S/C13H20BrNO2/c1-10(9-16)15(2)8-7-13(17)11-3-5-12(14)6-4-11/h3-6,10,13,16-17H,7-9H2,1-2H3. The van der Waals surface area contributed by atoms with Gasteiger partial charge in [-0.15, -0.1) is 0 Å². The highest BCUT2D eigenvalue weighted by Gasteiger charge is 2.12. The summed E-state index contributed by atoms with van der Waals surface area (Å²) in [6, 6.07) is 7.83. The van der Waals surface area contributed by atoms with Crippen LogP contribution < -0.4 is 0 Å². The molecule has 4 heteroatoms. The molecule has 0 saturated heterocycles. The molecule has 0 radical (unpaired) electrons. The smallest absolute Gasteiger partial charge is 0.0802 e. The molecule has 0 spiro atoms. The molecular formula is C13H20BrNO2. The van der Waals surface area contributed by atoms with E-state index in [4.69, 9.17) is 5.11 Å². The van der Waals surface area contributed by atoms with Gasteiger partial charge in [-0.1, -0.05) is 28.1 Å². The van der Waals surface area contributed by atoms with Crippen LogP contribution in [-0.4, -0.2) is 41.4 Å². The van der Waals surface area contributed by atoms with Gasteiger partial charge < -0.3 is 15.1 Å². The van der Waals surface area contributed by atoms with Gasteiger partial charge >= 0.3 is 0 Å². The maximum absolute atomic E-state index is 10.0. The number of benzene rings is 1. The number of rotatable bonds is 6. The first-order valence-electron chi connectivity index (χ1n) is 5.79. The first-order chi connectivity index (χ1) is 8.04. The van der Waals surface area contributed by atoms with Crippen molar-refractivity contribution in [2.24, 2.45) is 0 Å². The first kappa shape index (κ1) is 14.6. The Kier molecular flexibility index (Phi) is 6.12. The van der Waals surface area contributed by atoms with E-state index in [9.17, 15) is 5.11 Å². The topological polar surface area (TPSA) is 43.7 Å². The van der Waals surface area contributed by atoms with Crippen molar-refractivity contribution >= 4 is 15.9 Å². The maximum Gasteiger partial charge on any atom is 0.0802 e. The molecule has 2 unspecified atom stereocenters. The molecule has 0 bridgehead atoms. The predicted octanol–water partition coefficient (Wildman–Crippen LogP) is 2.19. The molecule has 0 saturated carbocycles. The molecule has 1 aromatic carbocycles. The van der Waals surface area contributed by atoms with Crippen LogP contribution in [0.25, 0.3) is 0 Å². The Balaban J connectivity index is 2.44. The summed E-state index contributed by atoms with van der Waals surface area (Å²) in [4.78, 5) is 2.04. The van der Waals surface area contributed by atoms with Crippen molar-refractivity contribution in [2.45, 2.75) is 25.5 Å². The van der Waals surface area contributed by atoms with E-state index in [0.29, 0.717) is 6.42 Å². The summed E-state index contributed by atoms with van der Waals surface area (Å²) in [5.74, 6) is 0. The zero-order valence-corrected chi connectivity index (χ0v) is 11.9. The van der Waals surface area contributed by atoms with Crippen LogP contribution in [0.2, 0.25) is 0 Å². The fraction of sp³-hybridized carbons (Fsp3) is 0.538. The number of halogens is 1. The molecule has 0 fully saturated rings. The number of nitrogens with zero attached hydrogens (tertiary/aromatic N) is 1. The van der Waals surface area contributed by atoms with Gasteiger partial charge in [-0.2, -0.15) is 0 Å². The van der Waals surface area contributed by atoms with Crippen LogP contribution >= 0.6 is 15.9 Å². The lowest BCUT2D eigenvalue weighted by Crippen LogP contribution is -2.33. The molecule has 96 valence electrons. The van der Waals surface area contributed by atoms with Crippen LogP contribution in [-0.2, 0) is 0 Å². The van der Waals surface area contributed by atoms with Gasteiger partial charge in [0.25, 0.3) is 0 Å². The van der Waals surface area contributed by atoms with Gasteiger partial charge in [0.1, 0.15) is 0 Å². The summed E-state index contributed by atoms with van der Waals surface area (Å²) in [5, 5.41) is 19.0. The van der Waals surface area contributed by atoms with E-state index in [0.717, 1.165) is 16.6 Å². The van der Waals surface area contributed by atoms with Crippen molar-refractivity contribution in [1.82, 2.24) is 4.90 Å². The van der Waals surface area contributed by atoms with Crippen molar-refractivity contribution in [3.63, 3.8) is 0 Å². The van der Waals surface area contributed by atoms with E-state index in [-0.39, 0.29) is 12.6 Å². The molecular weight excluding hydrogens is 282 g/mol. The molecule has 0 aliphatic rings. The van der Waals surface area contributed by atoms with Crippen molar-refractivity contribution in [3.05, 3.63) is 34.3 Å². The normalized spacial score (nSPS) is 14.9. The fourth-order valence-corrected chi connectivity index (χ4v) is 1.80. The third-order valence-electron chi connectivity index (χ3n) is 3.03. The Morgan fingerprint density at radius 2 is 1.88 bits per heavy atom. The quantitative estimate of drug-likeness (QED) is 0.846. The minimum atomic E-state index is -0.448. The van der Waals surface area contributed by atoms with E-state index in [1.807, 2.05) is 43.1 Å². The Hall–Kier alpha value is -0.420. The van der Waals surface area contributed by atoms with E-state index in [2.05, 4.69) is 15.9 Å². The van der Waals surface area contributed by atoms with Crippen LogP contribution in [0.15, 0.2) is 28.7 Å². The average Bonchev–Trinajstić information content (AvgIpc) is 2.35. The Morgan fingerprint density at radius 1 is 1.29 bits per heavy atom. The summed E-state index contributed by atoms with van der Waals surface area (Å²) >= 11 is 3.37. The SMILES string of the molecule is CC(CO)N(C)CCC(O)c1ccc(Br)cc1. The minimum absolute atomic E-state index is 0.132. The summed E-state index contributed by atoms with van der Waals surface area (Å²) in [5.41, 5.74) is 0.929. The number of hydrogen-bond acceptors (Lipinski definition) is 3. The van der Waals surface area contributed by atoms with E-state index < -0.39 is 6.10 Å². The van der Waals surface area contributed by atoms with Crippen LogP contribution in [0.3, 0.4) is 0 Å². The van der Waals surface area contributed by atoms with Crippen molar-refractivity contribution in [1.29, 1.82) is 0 Å². The zero-order valence-electron chi connectivity index (χ0n) is 10.3. The second-order valence-corrected chi connectivity index (χ2v) is 5.28. The van der Waals surface area contributed by atoms with Crippen LogP contribution in [0, 0.1) is 0 Å². The van der Waals surface area contributed by atoms with Gasteiger partial charge in [-0.3, -0.25) is 0 Å². The molecule has 1 aromatic rings. The van der Waals surface area contributed by atoms with Gasteiger partial charge in [0.15, 0.2) is 0 Å². The Bertz CT molecular complexity index is 329. The molecule has 1 rings (SSSR count). The van der Waals surface area contributed by atoms with Crippen molar-refractivity contribution in [3.8, 4) is 0 Å². The highest BCUT2D eigenvalue weighted by Crippen LogP contribution is 2.19. The lowest BCUT2D eigenvalue weighted by molar-refractivity contribution is 0.117. The molecule has 0 aliphatic heterocycles. The Labute approximate surface area is 111 Å². The summed E-state index contributed by atoms with van der Waals surface area (Å²) in [6.07, 6.45) is 0.221. The number of aliphatic hydroxyl groups is 2. The van der Waals surface area contributed by atoms with Gasteiger partial charge in [0, 0.05) is 17.1 Å². The monoisotopic (exact) mass is 301 g/mol. The van der Waals surface area contributed by atoms with E-state index in [1.54, 1.807) is 0 Å². The molecule has 0 aliphatic carbocycles. The van der Waals surface area contributed by atoms with Crippen LogP contribution in [0.5, 0.6) is 0 Å². The number of aliphatic hydroxyl groups excluding tert-OH is 2. The zero-order chi connectivity index (χ0) is 12.8. The van der Waals surface area contributed by atoms with E-state index >= 15 is 0 Å². The minimum Gasteiger partial charge on any atom is -0.395 e. The number of hydrogen-bond donors (Lipinski definition) is 2. The van der Waals surface area contributed by atoms with Crippen molar-refractivity contribution in [2.75, 3.05) is 20.2 Å². The lowest BCUT2D eigenvalue weighted by Gasteiger charge is -2.24. The summed E-state index contributed by atoms with van der Waals surface area (Å²) in [6.45, 7) is 2.87. The molecule has 17 heavy (non-hydrogen) atoms. The van der Waals surface area contributed by atoms with Gasteiger partial charge in [0.05, 0.1) is 12.7 Å². The first-order valence-corrected chi connectivity index (χ1v) is 6.58. The second kappa shape index (κ2) is 7.11. The third kappa shape index (κ3) is 4.76. The van der Waals surface area contributed by atoms with E-state index in [1.165, 1.54) is 0 Å². The molecule has 0 heterocycles. The largest absolute Gasteiger partial charge is 0.395 e. The Morgan fingerprint density at radius 3 is 2.41 bits per heavy atom. The molecule has 0 amide bonds. The summed E-state index contributed by atoms with van der Waals surface area (Å²) < 4.78 is 1.01. The number of likely N-dealkylation sites (N-methyl/N-ethyl adjacent to an activating group) is 1. The lowest BCUT2D eigenvalue weighted by atomic mass is 10.1. The third-order valence-corrected chi connectivity index (χ3v) is 3.56. The molecule has 3 nitrogen and oxygen atoms in total. The average molecular weight is 302 g/mol. The fourth-order valence-electron chi connectivity index (χ4n) is 1.54. The van der Waals surface area contributed by atoms with Gasteiger partial charge in [-0.25, -0.2) is 0 Å². The van der Waals surface area contributed by atoms with Crippen LogP contribution in [0.4, 0.5) is 0 Å². The highest BCUT2D eigenvalue weighted by atomic mass is 79.9.